The number of nitrogens with zero attached hydrogens (tertiary/aromatic N) is 2. The van der Waals surface area contributed by atoms with Crippen molar-refractivity contribution < 1.29 is 0 Å². The molecule has 0 saturated carbocycles. The minimum Gasteiger partial charge on any atom is -0.319 e. The average Bonchev–Trinajstić information content (AvgIpc) is 2.72. The molecule has 1 fully saturated rings. The first kappa shape index (κ1) is 14.1. The third-order valence-corrected chi connectivity index (χ3v) is 5.27. The summed E-state index contributed by atoms with van der Waals surface area (Å²) >= 11 is 3.75. The molecule has 3 nitrogen and oxygen atoms in total. The van der Waals surface area contributed by atoms with Gasteiger partial charge < -0.3 is 14.6 Å². The molecule has 20 heavy (non-hydrogen) atoms. The van der Waals surface area contributed by atoms with E-state index in [9.17, 15) is 0 Å². The van der Waals surface area contributed by atoms with Crippen molar-refractivity contribution in [1.29, 1.82) is 0 Å². The summed E-state index contributed by atoms with van der Waals surface area (Å²) in [7, 11) is 0. The fourth-order valence-electron chi connectivity index (χ4n) is 3.29. The molecule has 2 aromatic rings. The van der Waals surface area contributed by atoms with Gasteiger partial charge in [0.25, 0.3) is 0 Å². The van der Waals surface area contributed by atoms with Crippen molar-refractivity contribution in [2.24, 2.45) is 0 Å². The first-order chi connectivity index (χ1) is 9.68. The molecule has 0 amide bonds. The molecule has 3 heterocycles. The topological polar surface area (TPSA) is 19.7 Å². The van der Waals surface area contributed by atoms with Crippen LogP contribution in [0, 0.1) is 6.92 Å². The zero-order chi connectivity index (χ0) is 14.1. The summed E-state index contributed by atoms with van der Waals surface area (Å²) in [4.78, 5) is 2.57. The Hall–Kier alpha value is -0.840. The summed E-state index contributed by atoms with van der Waals surface area (Å²) in [5, 5.41) is 3.42. The third-order valence-electron chi connectivity index (χ3n) is 4.27. The summed E-state index contributed by atoms with van der Waals surface area (Å²) in [5.41, 5.74) is 4.08. The highest BCUT2D eigenvalue weighted by atomic mass is 79.9. The molecule has 108 valence electrons. The second-order valence-corrected chi connectivity index (χ2v) is 6.52. The maximum Gasteiger partial charge on any atom is 0.0597 e. The fourth-order valence-corrected chi connectivity index (χ4v) is 3.82. The van der Waals surface area contributed by atoms with Gasteiger partial charge in [0.05, 0.1) is 5.52 Å². The summed E-state index contributed by atoms with van der Waals surface area (Å²) in [5.74, 6) is 0.536. The molecular formula is C16H22BrN3. The molecule has 1 atom stereocenters. The van der Waals surface area contributed by atoms with Crippen LogP contribution in [0.2, 0.25) is 0 Å². The zero-order valence-electron chi connectivity index (χ0n) is 12.2. The van der Waals surface area contributed by atoms with E-state index in [0.29, 0.717) is 5.92 Å². The molecule has 1 aliphatic heterocycles. The molecule has 2 aromatic heterocycles. The largest absolute Gasteiger partial charge is 0.319 e. The Labute approximate surface area is 129 Å². The normalized spacial score (nSPS) is 18.6. The van der Waals surface area contributed by atoms with Gasteiger partial charge in [-0.25, -0.2) is 0 Å². The van der Waals surface area contributed by atoms with Crippen LogP contribution in [0.15, 0.2) is 28.9 Å². The molecule has 1 N–H and O–H groups in total. The third kappa shape index (κ3) is 2.52. The van der Waals surface area contributed by atoms with Crippen LogP contribution in [0.1, 0.15) is 24.1 Å². The Morgan fingerprint density at radius 2 is 2.05 bits per heavy atom. The van der Waals surface area contributed by atoms with E-state index in [1.54, 1.807) is 0 Å². The molecule has 3 rings (SSSR count). The first-order valence-electron chi connectivity index (χ1n) is 7.36. The van der Waals surface area contributed by atoms with Gasteiger partial charge in [0.1, 0.15) is 0 Å². The highest BCUT2D eigenvalue weighted by Gasteiger charge is 2.20. The quantitative estimate of drug-likeness (QED) is 0.930. The smallest absolute Gasteiger partial charge is 0.0597 e. The molecule has 0 bridgehead atoms. The van der Waals surface area contributed by atoms with Crippen LogP contribution in [0.25, 0.3) is 5.52 Å². The summed E-state index contributed by atoms with van der Waals surface area (Å²) in [6.07, 6.45) is 2.18. The Bertz CT molecular complexity index is 599. The predicted octanol–water partition coefficient (Wildman–Crippen LogP) is 3.02. The van der Waals surface area contributed by atoms with Crippen LogP contribution in [0.3, 0.4) is 0 Å². The Balaban J connectivity index is 1.90. The number of hydrogen-bond acceptors (Lipinski definition) is 2. The number of nitrogens with one attached hydrogen (secondary N) is 1. The Morgan fingerprint density at radius 1 is 1.30 bits per heavy atom. The number of rotatable bonds is 3. The summed E-state index contributed by atoms with van der Waals surface area (Å²) < 4.78 is 3.58. The number of halogens is 1. The van der Waals surface area contributed by atoms with Gasteiger partial charge in [0, 0.05) is 55.0 Å². The molecule has 1 aliphatic rings. The lowest BCUT2D eigenvalue weighted by Gasteiger charge is -2.30. The van der Waals surface area contributed by atoms with Crippen LogP contribution in [0.5, 0.6) is 0 Å². The van der Waals surface area contributed by atoms with Gasteiger partial charge in [-0.05, 0) is 40.5 Å². The van der Waals surface area contributed by atoms with Crippen molar-refractivity contribution in [3.8, 4) is 0 Å². The van der Waals surface area contributed by atoms with Crippen molar-refractivity contribution in [3.63, 3.8) is 0 Å². The van der Waals surface area contributed by atoms with Crippen LogP contribution in [-0.4, -0.2) is 42.0 Å². The van der Waals surface area contributed by atoms with Gasteiger partial charge >= 0.3 is 0 Å². The second kappa shape index (κ2) is 5.88. The standard InChI is InChI=1S/C16H22BrN3/c1-12(11-19-9-6-18-7-10-19)16-13(2)15(17)14-5-3-4-8-20(14)16/h3-5,8,12,18H,6-7,9-11H2,1-2H3. The van der Waals surface area contributed by atoms with E-state index in [0.717, 1.165) is 32.7 Å². The van der Waals surface area contributed by atoms with E-state index in [4.69, 9.17) is 0 Å². The Morgan fingerprint density at radius 3 is 2.80 bits per heavy atom. The average molecular weight is 336 g/mol. The Kier molecular flexibility index (Phi) is 4.15. The predicted molar refractivity (Wildman–Crippen MR) is 87.6 cm³/mol. The SMILES string of the molecule is Cc1c(Br)c2ccccn2c1C(C)CN1CCNCC1. The number of aromatic nitrogens is 1. The highest BCUT2D eigenvalue weighted by Crippen LogP contribution is 2.32. The minimum absolute atomic E-state index is 0.536. The van der Waals surface area contributed by atoms with Crippen LogP contribution in [-0.2, 0) is 0 Å². The highest BCUT2D eigenvalue weighted by molar-refractivity contribution is 9.10. The molecule has 0 spiro atoms. The molecule has 0 aliphatic carbocycles. The first-order valence-corrected chi connectivity index (χ1v) is 8.16. The molecule has 0 radical (unpaired) electrons. The molecule has 0 aromatic carbocycles. The van der Waals surface area contributed by atoms with E-state index >= 15 is 0 Å². The van der Waals surface area contributed by atoms with Crippen LogP contribution in [0.4, 0.5) is 0 Å². The molecule has 1 unspecified atom stereocenters. The van der Waals surface area contributed by atoms with Crippen molar-refractivity contribution in [3.05, 3.63) is 40.1 Å². The van der Waals surface area contributed by atoms with Crippen LogP contribution < -0.4 is 5.32 Å². The van der Waals surface area contributed by atoms with Gasteiger partial charge in [-0.15, -0.1) is 0 Å². The minimum atomic E-state index is 0.536. The van der Waals surface area contributed by atoms with Crippen molar-refractivity contribution >= 4 is 21.4 Å². The lowest BCUT2D eigenvalue weighted by molar-refractivity contribution is 0.229. The van der Waals surface area contributed by atoms with E-state index in [1.807, 2.05) is 0 Å². The van der Waals surface area contributed by atoms with E-state index in [1.165, 1.54) is 21.2 Å². The molecular weight excluding hydrogens is 314 g/mol. The van der Waals surface area contributed by atoms with Gasteiger partial charge in [-0.2, -0.15) is 0 Å². The van der Waals surface area contributed by atoms with Gasteiger partial charge in [0.2, 0.25) is 0 Å². The number of fused-ring (bicyclic) bond motifs is 1. The van der Waals surface area contributed by atoms with Crippen molar-refractivity contribution in [2.45, 2.75) is 19.8 Å². The zero-order valence-corrected chi connectivity index (χ0v) is 13.8. The maximum absolute atomic E-state index is 3.75. The maximum atomic E-state index is 3.75. The lowest BCUT2D eigenvalue weighted by atomic mass is 10.0. The van der Waals surface area contributed by atoms with Crippen molar-refractivity contribution in [2.75, 3.05) is 32.7 Å². The second-order valence-electron chi connectivity index (χ2n) is 5.73. The number of pyridine rings is 1. The number of piperazine rings is 1. The van der Waals surface area contributed by atoms with Crippen LogP contribution >= 0.6 is 15.9 Å². The van der Waals surface area contributed by atoms with Gasteiger partial charge in [-0.1, -0.05) is 13.0 Å². The fraction of sp³-hybridized carbons (Fsp3) is 0.500. The lowest BCUT2D eigenvalue weighted by Crippen LogP contribution is -2.44. The number of hydrogen-bond donors (Lipinski definition) is 1. The van der Waals surface area contributed by atoms with Gasteiger partial charge in [-0.3, -0.25) is 0 Å². The molecule has 4 heteroatoms. The summed E-state index contributed by atoms with van der Waals surface area (Å²) in [6.45, 7) is 10.3. The van der Waals surface area contributed by atoms with E-state index < -0.39 is 0 Å². The monoisotopic (exact) mass is 335 g/mol. The molecule has 1 saturated heterocycles. The van der Waals surface area contributed by atoms with E-state index in [2.05, 4.69) is 68.8 Å². The van der Waals surface area contributed by atoms with Crippen molar-refractivity contribution in [1.82, 2.24) is 14.6 Å². The summed E-state index contributed by atoms with van der Waals surface area (Å²) in [6, 6.07) is 6.39. The van der Waals surface area contributed by atoms with E-state index in [-0.39, 0.29) is 0 Å². The van der Waals surface area contributed by atoms with Gasteiger partial charge in [0.15, 0.2) is 0 Å².